The molecule has 0 radical (unpaired) electrons. The average molecular weight is 267 g/mol. The molecule has 18 heavy (non-hydrogen) atoms. The molecule has 100 valence electrons. The second-order valence-corrected chi connectivity index (χ2v) is 5.89. The van der Waals surface area contributed by atoms with Crippen LogP contribution in [-0.4, -0.2) is 23.7 Å². The molecule has 0 saturated carbocycles. The number of fused-ring (bicyclic) bond motifs is 1. The third-order valence-electron chi connectivity index (χ3n) is 3.62. The van der Waals surface area contributed by atoms with Crippen molar-refractivity contribution in [3.63, 3.8) is 0 Å². The summed E-state index contributed by atoms with van der Waals surface area (Å²) in [5, 5.41) is 14.5. The van der Waals surface area contributed by atoms with Crippen LogP contribution in [-0.2, 0) is 11.2 Å². The maximum Gasteiger partial charge on any atom is 0.227 e. The fourth-order valence-electron chi connectivity index (χ4n) is 2.45. The van der Waals surface area contributed by atoms with Crippen LogP contribution in [0, 0.1) is 0 Å². The maximum atomic E-state index is 12.1. The lowest BCUT2D eigenvalue weighted by Gasteiger charge is -2.22. The zero-order valence-corrected chi connectivity index (χ0v) is 11.6. The van der Waals surface area contributed by atoms with Crippen molar-refractivity contribution < 1.29 is 9.90 Å². The van der Waals surface area contributed by atoms with Gasteiger partial charge in [0.15, 0.2) is 0 Å². The zero-order chi connectivity index (χ0) is 13.0. The molecule has 0 aromatic carbocycles. The Morgan fingerprint density at radius 3 is 3.28 bits per heavy atom. The number of nitrogens with one attached hydrogen (secondary N) is 1. The van der Waals surface area contributed by atoms with Gasteiger partial charge in [-0.15, -0.1) is 11.3 Å². The second kappa shape index (κ2) is 6.34. The summed E-state index contributed by atoms with van der Waals surface area (Å²) in [6.45, 7) is 2.52. The summed E-state index contributed by atoms with van der Waals surface area (Å²) in [6, 6.07) is 2.09. The molecule has 2 N–H and O–H groups in total. The van der Waals surface area contributed by atoms with E-state index in [1.807, 2.05) is 6.92 Å². The molecular formula is C14H21NO2S. The fraction of sp³-hybridized carbons (Fsp3) is 0.643. The highest BCUT2D eigenvalue weighted by molar-refractivity contribution is 7.10. The lowest BCUT2D eigenvalue weighted by molar-refractivity contribution is -0.122. The number of hydrogen-bond acceptors (Lipinski definition) is 3. The molecule has 1 aliphatic rings. The number of aliphatic hydroxyl groups is 1. The molecule has 1 aliphatic carbocycles. The van der Waals surface area contributed by atoms with Crippen molar-refractivity contribution in [1.29, 1.82) is 0 Å². The van der Waals surface area contributed by atoms with E-state index >= 15 is 0 Å². The number of aryl methyl sites for hydroxylation is 1. The zero-order valence-electron chi connectivity index (χ0n) is 10.8. The Morgan fingerprint density at radius 2 is 2.50 bits per heavy atom. The molecule has 0 saturated heterocycles. The van der Waals surface area contributed by atoms with Gasteiger partial charge in [-0.2, -0.15) is 0 Å². The molecule has 1 amide bonds. The number of carbonyl (C=O) groups excluding carboxylic acids is 1. The molecule has 0 fully saturated rings. The second-order valence-electron chi connectivity index (χ2n) is 4.89. The van der Waals surface area contributed by atoms with Crippen LogP contribution in [0.5, 0.6) is 0 Å². The minimum Gasteiger partial charge on any atom is -0.393 e. The highest BCUT2D eigenvalue weighted by atomic mass is 32.1. The number of carbonyl (C=O) groups is 1. The van der Waals surface area contributed by atoms with Gasteiger partial charge in [-0.25, -0.2) is 0 Å². The van der Waals surface area contributed by atoms with Crippen LogP contribution in [0.15, 0.2) is 11.4 Å². The fourth-order valence-corrected chi connectivity index (χ4v) is 3.44. The van der Waals surface area contributed by atoms with Crippen molar-refractivity contribution in [1.82, 2.24) is 5.32 Å². The van der Waals surface area contributed by atoms with E-state index in [2.05, 4.69) is 16.8 Å². The topological polar surface area (TPSA) is 49.3 Å². The lowest BCUT2D eigenvalue weighted by atomic mass is 9.87. The van der Waals surface area contributed by atoms with Gasteiger partial charge in [-0.3, -0.25) is 4.79 Å². The summed E-state index contributed by atoms with van der Waals surface area (Å²) >= 11 is 1.76. The first-order valence-corrected chi connectivity index (χ1v) is 7.62. The third-order valence-corrected chi connectivity index (χ3v) is 4.61. The first-order chi connectivity index (χ1) is 8.72. The Balaban J connectivity index is 1.87. The van der Waals surface area contributed by atoms with E-state index in [0.717, 1.165) is 25.7 Å². The molecule has 0 aliphatic heterocycles. The van der Waals surface area contributed by atoms with Crippen molar-refractivity contribution in [2.75, 3.05) is 6.54 Å². The Morgan fingerprint density at radius 1 is 1.67 bits per heavy atom. The minimum absolute atomic E-state index is 0.0266. The minimum atomic E-state index is -0.298. The van der Waals surface area contributed by atoms with Gasteiger partial charge in [0.1, 0.15) is 0 Å². The van der Waals surface area contributed by atoms with Gasteiger partial charge < -0.3 is 10.4 Å². The molecule has 1 aromatic heterocycles. The molecule has 2 unspecified atom stereocenters. The summed E-state index contributed by atoms with van der Waals surface area (Å²) in [7, 11) is 0. The summed E-state index contributed by atoms with van der Waals surface area (Å²) < 4.78 is 0. The normalized spacial score (nSPS) is 20.2. The Bertz CT molecular complexity index is 402. The van der Waals surface area contributed by atoms with Crippen LogP contribution in [0.1, 0.15) is 49.0 Å². The molecule has 0 spiro atoms. The Kier molecular flexibility index (Phi) is 4.78. The van der Waals surface area contributed by atoms with E-state index < -0.39 is 0 Å². The van der Waals surface area contributed by atoms with Crippen LogP contribution in [0.3, 0.4) is 0 Å². The Labute approximate surface area is 112 Å². The van der Waals surface area contributed by atoms with E-state index in [0.29, 0.717) is 13.0 Å². The van der Waals surface area contributed by atoms with E-state index in [-0.39, 0.29) is 17.9 Å². The predicted molar refractivity (Wildman–Crippen MR) is 73.9 cm³/mol. The van der Waals surface area contributed by atoms with Crippen LogP contribution >= 0.6 is 11.3 Å². The molecule has 2 atom stereocenters. The van der Waals surface area contributed by atoms with E-state index in [9.17, 15) is 9.90 Å². The van der Waals surface area contributed by atoms with Crippen LogP contribution in [0.25, 0.3) is 0 Å². The molecule has 1 heterocycles. The van der Waals surface area contributed by atoms with Gasteiger partial charge in [0.25, 0.3) is 0 Å². The summed E-state index contributed by atoms with van der Waals surface area (Å²) in [5.41, 5.74) is 1.22. The van der Waals surface area contributed by atoms with Crippen molar-refractivity contribution in [3.8, 4) is 0 Å². The van der Waals surface area contributed by atoms with E-state index in [4.69, 9.17) is 0 Å². The first kappa shape index (κ1) is 13.6. The lowest BCUT2D eigenvalue weighted by Crippen LogP contribution is -2.32. The number of hydrogen-bond donors (Lipinski definition) is 2. The van der Waals surface area contributed by atoms with Crippen molar-refractivity contribution in [3.05, 3.63) is 21.9 Å². The van der Waals surface area contributed by atoms with Gasteiger partial charge >= 0.3 is 0 Å². The van der Waals surface area contributed by atoms with Gasteiger partial charge in [0.2, 0.25) is 5.91 Å². The molecule has 2 rings (SSSR count). The third kappa shape index (κ3) is 3.12. The predicted octanol–water partition coefficient (Wildman–Crippen LogP) is 2.45. The van der Waals surface area contributed by atoms with Crippen LogP contribution in [0.4, 0.5) is 0 Å². The largest absolute Gasteiger partial charge is 0.393 e. The van der Waals surface area contributed by atoms with Gasteiger partial charge in [-0.05, 0) is 49.1 Å². The summed E-state index contributed by atoms with van der Waals surface area (Å²) in [6.07, 6.45) is 4.26. The molecule has 3 nitrogen and oxygen atoms in total. The quantitative estimate of drug-likeness (QED) is 0.861. The van der Waals surface area contributed by atoms with E-state index in [1.165, 1.54) is 10.4 Å². The molecule has 1 aromatic rings. The molecular weight excluding hydrogens is 246 g/mol. The maximum absolute atomic E-state index is 12.1. The monoisotopic (exact) mass is 267 g/mol. The number of thiophene rings is 1. The van der Waals surface area contributed by atoms with Crippen molar-refractivity contribution in [2.45, 2.75) is 51.0 Å². The van der Waals surface area contributed by atoms with Crippen molar-refractivity contribution in [2.24, 2.45) is 0 Å². The molecule has 0 bridgehead atoms. The van der Waals surface area contributed by atoms with Gasteiger partial charge in [-0.1, -0.05) is 6.92 Å². The standard InChI is InChI=1S/C14H21NO2S/c1-2-10(16)6-8-15-14(17)12-4-3-5-13-11(12)7-9-18-13/h7,9-10,12,16H,2-6,8H2,1H3,(H,15,17). The SMILES string of the molecule is CCC(O)CCNC(=O)C1CCCc2sccc21. The average Bonchev–Trinajstić information content (AvgIpc) is 2.86. The van der Waals surface area contributed by atoms with E-state index in [1.54, 1.807) is 11.3 Å². The Hall–Kier alpha value is -0.870. The smallest absolute Gasteiger partial charge is 0.227 e. The van der Waals surface area contributed by atoms with Gasteiger partial charge in [0, 0.05) is 11.4 Å². The first-order valence-electron chi connectivity index (χ1n) is 6.74. The summed E-state index contributed by atoms with van der Waals surface area (Å²) in [4.78, 5) is 13.5. The number of aliphatic hydroxyl groups excluding tert-OH is 1. The summed E-state index contributed by atoms with van der Waals surface area (Å²) in [5.74, 6) is 0.149. The number of rotatable bonds is 5. The van der Waals surface area contributed by atoms with Crippen LogP contribution in [0.2, 0.25) is 0 Å². The molecule has 4 heteroatoms. The highest BCUT2D eigenvalue weighted by Gasteiger charge is 2.26. The highest BCUT2D eigenvalue weighted by Crippen LogP contribution is 2.34. The van der Waals surface area contributed by atoms with Gasteiger partial charge in [0.05, 0.1) is 12.0 Å². The van der Waals surface area contributed by atoms with Crippen molar-refractivity contribution >= 4 is 17.2 Å². The number of amides is 1. The van der Waals surface area contributed by atoms with Crippen LogP contribution < -0.4 is 5.32 Å².